The molecule has 0 saturated carbocycles. The summed E-state index contributed by atoms with van der Waals surface area (Å²) in [6, 6.07) is 1.51. The summed E-state index contributed by atoms with van der Waals surface area (Å²) in [6.07, 6.45) is 1.57. The molecule has 2 rings (SSSR count). The SMILES string of the molecule is COc1c(Cl)cc(Cl)c2c1N=CC(C)C2=O. The fourth-order valence-electron chi connectivity index (χ4n) is 1.62. The molecule has 3 nitrogen and oxygen atoms in total. The first-order valence-corrected chi connectivity index (χ1v) is 5.46. The number of hydrogen-bond donors (Lipinski definition) is 0. The van der Waals surface area contributed by atoms with Crippen LogP contribution in [-0.2, 0) is 0 Å². The molecule has 84 valence electrons. The molecule has 5 heteroatoms. The highest BCUT2D eigenvalue weighted by Gasteiger charge is 2.28. The third-order valence-corrected chi connectivity index (χ3v) is 3.03. The number of fused-ring (bicyclic) bond motifs is 1. The van der Waals surface area contributed by atoms with Gasteiger partial charge < -0.3 is 4.74 Å². The van der Waals surface area contributed by atoms with Gasteiger partial charge in [-0.05, 0) is 6.07 Å². The van der Waals surface area contributed by atoms with Crippen LogP contribution in [0, 0.1) is 5.92 Å². The highest BCUT2D eigenvalue weighted by molar-refractivity contribution is 6.39. The molecule has 1 aliphatic heterocycles. The molecule has 1 aromatic carbocycles. The maximum absolute atomic E-state index is 11.9. The predicted octanol–water partition coefficient (Wildman–Crippen LogP) is 3.54. The van der Waals surface area contributed by atoms with E-state index in [-0.39, 0.29) is 11.7 Å². The third-order valence-electron chi connectivity index (χ3n) is 2.45. The molecule has 1 atom stereocenters. The van der Waals surface area contributed by atoms with Gasteiger partial charge in [-0.15, -0.1) is 0 Å². The zero-order valence-electron chi connectivity index (χ0n) is 8.75. The summed E-state index contributed by atoms with van der Waals surface area (Å²) < 4.78 is 5.13. The number of Topliss-reactive ketones (excluding diaryl/α,β-unsaturated/α-hetero) is 1. The Hall–Kier alpha value is -1.06. The number of methoxy groups -OCH3 is 1. The molecule has 1 heterocycles. The lowest BCUT2D eigenvalue weighted by atomic mass is 9.95. The molecule has 1 aliphatic rings. The molecule has 0 saturated heterocycles. The molecule has 0 N–H and O–H groups in total. The molecule has 1 unspecified atom stereocenters. The number of rotatable bonds is 1. The van der Waals surface area contributed by atoms with Crippen molar-refractivity contribution in [2.75, 3.05) is 7.11 Å². The van der Waals surface area contributed by atoms with E-state index in [1.54, 1.807) is 13.1 Å². The standard InChI is InChI=1S/C11H9Cl2NO2/c1-5-4-14-9-8(10(5)15)6(12)3-7(13)11(9)16-2/h3-5H,1-2H3. The molecular weight excluding hydrogens is 249 g/mol. The first-order valence-electron chi connectivity index (χ1n) is 4.70. The van der Waals surface area contributed by atoms with Crippen molar-refractivity contribution in [1.82, 2.24) is 0 Å². The fourth-order valence-corrected chi connectivity index (χ4v) is 2.25. The van der Waals surface area contributed by atoms with Crippen LogP contribution in [0.15, 0.2) is 11.1 Å². The lowest BCUT2D eigenvalue weighted by Gasteiger charge is -2.18. The molecule has 0 fully saturated rings. The van der Waals surface area contributed by atoms with Crippen molar-refractivity contribution < 1.29 is 9.53 Å². The summed E-state index contributed by atoms with van der Waals surface area (Å²) in [5.74, 6) is 0.0541. The minimum absolute atomic E-state index is 0.0648. The van der Waals surface area contributed by atoms with Gasteiger partial charge in [-0.1, -0.05) is 30.1 Å². The van der Waals surface area contributed by atoms with E-state index < -0.39 is 0 Å². The molecular formula is C11H9Cl2NO2. The van der Waals surface area contributed by atoms with E-state index >= 15 is 0 Å². The van der Waals surface area contributed by atoms with Crippen molar-refractivity contribution in [3.63, 3.8) is 0 Å². The van der Waals surface area contributed by atoms with Gasteiger partial charge >= 0.3 is 0 Å². The summed E-state index contributed by atoms with van der Waals surface area (Å²) >= 11 is 12.0. The number of aliphatic imine (C=N–C) groups is 1. The third kappa shape index (κ3) is 1.60. The van der Waals surface area contributed by atoms with E-state index in [0.717, 1.165) is 0 Å². The van der Waals surface area contributed by atoms with Crippen LogP contribution in [0.3, 0.4) is 0 Å². The molecule has 0 bridgehead atoms. The highest BCUT2D eigenvalue weighted by atomic mass is 35.5. The molecule has 16 heavy (non-hydrogen) atoms. The largest absolute Gasteiger partial charge is 0.493 e. The van der Waals surface area contributed by atoms with Gasteiger partial charge in [0.1, 0.15) is 5.69 Å². The van der Waals surface area contributed by atoms with Gasteiger partial charge in [-0.25, -0.2) is 0 Å². The number of benzene rings is 1. The summed E-state index contributed by atoms with van der Waals surface area (Å²) in [5, 5.41) is 0.667. The first kappa shape index (κ1) is 11.4. The summed E-state index contributed by atoms with van der Waals surface area (Å²) in [5.41, 5.74) is 0.806. The maximum Gasteiger partial charge on any atom is 0.174 e. The molecule has 0 aliphatic carbocycles. The number of hydrogen-bond acceptors (Lipinski definition) is 3. The van der Waals surface area contributed by atoms with Gasteiger partial charge in [0.15, 0.2) is 11.5 Å². The van der Waals surface area contributed by atoms with E-state index in [4.69, 9.17) is 27.9 Å². The van der Waals surface area contributed by atoms with Crippen LogP contribution >= 0.6 is 23.2 Å². The number of carbonyl (C=O) groups excluding carboxylic acids is 1. The number of ether oxygens (including phenoxy) is 1. The van der Waals surface area contributed by atoms with Gasteiger partial charge in [0.2, 0.25) is 0 Å². The van der Waals surface area contributed by atoms with E-state index in [1.165, 1.54) is 13.2 Å². The van der Waals surface area contributed by atoms with Gasteiger partial charge in [0.25, 0.3) is 0 Å². The molecule has 0 radical (unpaired) electrons. The van der Waals surface area contributed by atoms with E-state index in [2.05, 4.69) is 4.99 Å². The predicted molar refractivity (Wildman–Crippen MR) is 64.7 cm³/mol. The van der Waals surface area contributed by atoms with Crippen molar-refractivity contribution in [3.05, 3.63) is 21.7 Å². The van der Waals surface area contributed by atoms with Crippen molar-refractivity contribution in [2.45, 2.75) is 6.92 Å². The van der Waals surface area contributed by atoms with Crippen LogP contribution in [0.2, 0.25) is 10.0 Å². The maximum atomic E-state index is 11.9. The monoisotopic (exact) mass is 257 g/mol. The Morgan fingerprint density at radius 2 is 2.06 bits per heavy atom. The lowest BCUT2D eigenvalue weighted by molar-refractivity contribution is 0.0962. The van der Waals surface area contributed by atoms with Crippen LogP contribution in [0.5, 0.6) is 5.75 Å². The van der Waals surface area contributed by atoms with Crippen molar-refractivity contribution in [1.29, 1.82) is 0 Å². The van der Waals surface area contributed by atoms with E-state index in [9.17, 15) is 4.79 Å². The van der Waals surface area contributed by atoms with Crippen LogP contribution in [0.4, 0.5) is 5.69 Å². The summed E-state index contributed by atoms with van der Waals surface area (Å²) in [6.45, 7) is 1.77. The smallest absolute Gasteiger partial charge is 0.174 e. The quantitative estimate of drug-likeness (QED) is 0.772. The number of carbonyl (C=O) groups is 1. The second-order valence-corrected chi connectivity index (χ2v) is 4.34. The van der Waals surface area contributed by atoms with Gasteiger partial charge in [0.05, 0.1) is 28.6 Å². The Balaban J connectivity index is 2.76. The van der Waals surface area contributed by atoms with Crippen molar-refractivity contribution >= 4 is 40.9 Å². The average molecular weight is 258 g/mol. The summed E-state index contributed by atoms with van der Waals surface area (Å²) in [4.78, 5) is 16.1. The van der Waals surface area contributed by atoms with Crippen molar-refractivity contribution in [3.8, 4) is 5.75 Å². The molecule has 0 aromatic heterocycles. The molecule has 0 amide bonds. The first-order chi connectivity index (χ1) is 7.56. The van der Waals surface area contributed by atoms with Gasteiger partial charge in [-0.3, -0.25) is 9.79 Å². The van der Waals surface area contributed by atoms with E-state index in [0.29, 0.717) is 27.0 Å². The van der Waals surface area contributed by atoms with Crippen LogP contribution < -0.4 is 4.74 Å². The Morgan fingerprint density at radius 3 is 2.69 bits per heavy atom. The van der Waals surface area contributed by atoms with E-state index in [1.807, 2.05) is 0 Å². The van der Waals surface area contributed by atoms with Gasteiger partial charge in [0, 0.05) is 6.21 Å². The second kappa shape index (κ2) is 4.07. The normalized spacial score (nSPS) is 18.5. The topological polar surface area (TPSA) is 38.7 Å². The minimum Gasteiger partial charge on any atom is -0.493 e. The van der Waals surface area contributed by atoms with Crippen LogP contribution in [0.25, 0.3) is 0 Å². The number of nitrogens with zero attached hydrogens (tertiary/aromatic N) is 1. The van der Waals surface area contributed by atoms with Crippen LogP contribution in [-0.4, -0.2) is 19.1 Å². The lowest BCUT2D eigenvalue weighted by Crippen LogP contribution is -2.17. The Morgan fingerprint density at radius 1 is 1.38 bits per heavy atom. The Labute approximate surface area is 103 Å². The second-order valence-electron chi connectivity index (χ2n) is 3.53. The molecule has 0 spiro atoms. The number of ketones is 1. The number of halogens is 2. The highest BCUT2D eigenvalue weighted by Crippen LogP contribution is 2.44. The Kier molecular flexibility index (Phi) is 2.91. The average Bonchev–Trinajstić information content (AvgIpc) is 2.23. The summed E-state index contributed by atoms with van der Waals surface area (Å²) in [7, 11) is 1.48. The zero-order valence-corrected chi connectivity index (χ0v) is 10.3. The fraction of sp³-hybridized carbons (Fsp3) is 0.273. The molecule has 1 aromatic rings. The Bertz CT molecular complexity index is 497. The van der Waals surface area contributed by atoms with Crippen molar-refractivity contribution in [2.24, 2.45) is 10.9 Å². The minimum atomic E-state index is -0.268. The zero-order chi connectivity index (χ0) is 11.9. The van der Waals surface area contributed by atoms with Gasteiger partial charge in [-0.2, -0.15) is 0 Å². The van der Waals surface area contributed by atoms with Crippen LogP contribution in [0.1, 0.15) is 17.3 Å².